The molecule has 0 aromatic heterocycles. The Morgan fingerprint density at radius 3 is 2.43 bits per heavy atom. The molecule has 0 unspecified atom stereocenters. The van der Waals surface area contributed by atoms with Crippen molar-refractivity contribution in [3.63, 3.8) is 0 Å². The number of carbonyl (C=O) groups excluding carboxylic acids is 1. The Morgan fingerprint density at radius 1 is 1.22 bits per heavy atom. The van der Waals surface area contributed by atoms with E-state index >= 15 is 0 Å². The minimum atomic E-state index is -0.450. The summed E-state index contributed by atoms with van der Waals surface area (Å²) in [5, 5.41) is 0. The van der Waals surface area contributed by atoms with Gasteiger partial charge >= 0.3 is 6.09 Å². The lowest BCUT2D eigenvalue weighted by atomic mass is 10.1. The highest BCUT2D eigenvalue weighted by Crippen LogP contribution is 2.23. The first kappa shape index (κ1) is 17.4. The number of nitrogen functional groups attached to an aromatic ring is 1. The van der Waals surface area contributed by atoms with Gasteiger partial charge in [0.25, 0.3) is 0 Å². The zero-order valence-electron chi connectivity index (χ0n) is 14.5. The van der Waals surface area contributed by atoms with Crippen molar-refractivity contribution in [1.82, 2.24) is 9.80 Å². The van der Waals surface area contributed by atoms with Crippen LogP contribution in [0.1, 0.15) is 26.3 Å². The number of benzene rings is 1. The highest BCUT2D eigenvalue weighted by atomic mass is 16.6. The van der Waals surface area contributed by atoms with Gasteiger partial charge in [-0.2, -0.15) is 0 Å². The Hall–Kier alpha value is -1.95. The van der Waals surface area contributed by atoms with E-state index in [1.807, 2.05) is 39.0 Å². The van der Waals surface area contributed by atoms with Gasteiger partial charge in [0.15, 0.2) is 0 Å². The minimum Gasteiger partial charge on any atom is -0.495 e. The number of nitrogens with zero attached hydrogens (tertiary/aromatic N) is 2. The summed E-state index contributed by atoms with van der Waals surface area (Å²) >= 11 is 0. The Labute approximate surface area is 138 Å². The molecule has 6 nitrogen and oxygen atoms in total. The standard InChI is InChI=1S/C17H27N3O3/c1-17(2,3)23-16(21)20-9-7-19(8-10-20)12-13-5-6-14(18)15(11-13)22-4/h5-6,11H,7-10,12,18H2,1-4H3. The maximum Gasteiger partial charge on any atom is 0.410 e. The molecule has 1 heterocycles. The fourth-order valence-electron chi connectivity index (χ4n) is 2.53. The van der Waals surface area contributed by atoms with Gasteiger partial charge in [-0.05, 0) is 38.5 Å². The Balaban J connectivity index is 1.86. The van der Waals surface area contributed by atoms with Crippen molar-refractivity contribution in [1.29, 1.82) is 0 Å². The fourth-order valence-corrected chi connectivity index (χ4v) is 2.53. The average molecular weight is 321 g/mol. The van der Waals surface area contributed by atoms with Gasteiger partial charge in [-0.15, -0.1) is 0 Å². The van der Waals surface area contributed by atoms with Crippen molar-refractivity contribution in [3.05, 3.63) is 23.8 Å². The second kappa shape index (κ2) is 7.08. The van der Waals surface area contributed by atoms with Crippen LogP contribution in [0.5, 0.6) is 5.75 Å². The van der Waals surface area contributed by atoms with Crippen LogP contribution >= 0.6 is 0 Å². The zero-order chi connectivity index (χ0) is 17.0. The number of nitrogens with two attached hydrogens (primary N) is 1. The predicted molar refractivity (Wildman–Crippen MR) is 90.5 cm³/mol. The molecular weight excluding hydrogens is 294 g/mol. The number of rotatable bonds is 3. The van der Waals surface area contributed by atoms with E-state index in [2.05, 4.69) is 4.90 Å². The third-order valence-corrected chi connectivity index (χ3v) is 3.73. The van der Waals surface area contributed by atoms with Crippen LogP contribution in [0.3, 0.4) is 0 Å². The fraction of sp³-hybridized carbons (Fsp3) is 0.588. The van der Waals surface area contributed by atoms with Crippen molar-refractivity contribution < 1.29 is 14.3 Å². The summed E-state index contributed by atoms with van der Waals surface area (Å²) in [6.45, 7) is 9.49. The number of ether oxygens (including phenoxy) is 2. The van der Waals surface area contributed by atoms with Gasteiger partial charge < -0.3 is 20.1 Å². The first-order valence-corrected chi connectivity index (χ1v) is 7.91. The Bertz CT molecular complexity index is 547. The molecule has 0 bridgehead atoms. The molecule has 0 saturated carbocycles. The summed E-state index contributed by atoms with van der Waals surface area (Å²) in [4.78, 5) is 16.1. The average Bonchev–Trinajstić information content (AvgIpc) is 2.48. The second-order valence-corrected chi connectivity index (χ2v) is 6.82. The zero-order valence-corrected chi connectivity index (χ0v) is 14.5. The van der Waals surface area contributed by atoms with Crippen molar-refractivity contribution in [3.8, 4) is 5.75 Å². The molecule has 128 valence electrons. The molecule has 23 heavy (non-hydrogen) atoms. The molecule has 1 aromatic rings. The van der Waals surface area contributed by atoms with Gasteiger partial charge in [0, 0.05) is 32.7 Å². The molecule has 0 spiro atoms. The summed E-state index contributed by atoms with van der Waals surface area (Å²) in [6.07, 6.45) is -0.230. The summed E-state index contributed by atoms with van der Waals surface area (Å²) in [5.74, 6) is 0.704. The molecule has 1 aliphatic heterocycles. The van der Waals surface area contributed by atoms with E-state index in [0.717, 1.165) is 25.2 Å². The van der Waals surface area contributed by atoms with Gasteiger partial charge in [-0.3, -0.25) is 4.90 Å². The maximum atomic E-state index is 12.1. The van der Waals surface area contributed by atoms with E-state index in [-0.39, 0.29) is 6.09 Å². The first-order chi connectivity index (χ1) is 10.8. The number of piperazine rings is 1. The van der Waals surface area contributed by atoms with Crippen LogP contribution in [0.15, 0.2) is 18.2 Å². The Morgan fingerprint density at radius 2 is 1.87 bits per heavy atom. The summed E-state index contributed by atoms with van der Waals surface area (Å²) in [7, 11) is 1.62. The molecule has 1 fully saturated rings. The van der Waals surface area contributed by atoms with E-state index in [4.69, 9.17) is 15.2 Å². The number of hydrogen-bond donors (Lipinski definition) is 1. The number of anilines is 1. The van der Waals surface area contributed by atoms with Crippen LogP contribution in [0.4, 0.5) is 10.5 Å². The minimum absolute atomic E-state index is 0.230. The molecule has 0 radical (unpaired) electrons. The smallest absolute Gasteiger partial charge is 0.410 e. The van der Waals surface area contributed by atoms with Crippen LogP contribution in [0, 0.1) is 0 Å². The SMILES string of the molecule is COc1cc(CN2CCN(C(=O)OC(C)(C)C)CC2)ccc1N. The van der Waals surface area contributed by atoms with Crippen molar-refractivity contribution in [2.75, 3.05) is 39.0 Å². The van der Waals surface area contributed by atoms with Gasteiger partial charge in [-0.1, -0.05) is 6.07 Å². The van der Waals surface area contributed by atoms with Crippen LogP contribution in [-0.2, 0) is 11.3 Å². The topological polar surface area (TPSA) is 68.0 Å². The first-order valence-electron chi connectivity index (χ1n) is 7.91. The van der Waals surface area contributed by atoms with Crippen LogP contribution in [-0.4, -0.2) is 54.8 Å². The number of amides is 1. The molecule has 2 rings (SSSR count). The van der Waals surface area contributed by atoms with E-state index in [0.29, 0.717) is 24.5 Å². The van der Waals surface area contributed by atoms with Crippen molar-refractivity contribution in [2.45, 2.75) is 32.9 Å². The molecule has 1 aliphatic rings. The van der Waals surface area contributed by atoms with E-state index in [9.17, 15) is 4.79 Å². The monoisotopic (exact) mass is 321 g/mol. The highest BCUT2D eigenvalue weighted by molar-refractivity contribution is 5.68. The van der Waals surface area contributed by atoms with Gasteiger partial charge in [0.05, 0.1) is 12.8 Å². The summed E-state index contributed by atoms with van der Waals surface area (Å²) in [5.41, 5.74) is 7.19. The molecule has 1 amide bonds. The number of carbonyl (C=O) groups is 1. The largest absolute Gasteiger partial charge is 0.495 e. The highest BCUT2D eigenvalue weighted by Gasteiger charge is 2.25. The quantitative estimate of drug-likeness (QED) is 0.866. The lowest BCUT2D eigenvalue weighted by Crippen LogP contribution is -2.49. The van der Waals surface area contributed by atoms with E-state index in [1.54, 1.807) is 12.0 Å². The van der Waals surface area contributed by atoms with Crippen LogP contribution in [0.2, 0.25) is 0 Å². The molecule has 0 atom stereocenters. The summed E-state index contributed by atoms with van der Waals surface area (Å²) < 4.78 is 10.7. The van der Waals surface area contributed by atoms with Gasteiger partial charge in [0.2, 0.25) is 0 Å². The predicted octanol–water partition coefficient (Wildman–Crippen LogP) is 2.33. The van der Waals surface area contributed by atoms with Crippen LogP contribution < -0.4 is 10.5 Å². The lowest BCUT2D eigenvalue weighted by Gasteiger charge is -2.35. The normalized spacial score (nSPS) is 16.3. The Kier molecular flexibility index (Phi) is 5.36. The third-order valence-electron chi connectivity index (χ3n) is 3.73. The number of methoxy groups -OCH3 is 1. The number of hydrogen-bond acceptors (Lipinski definition) is 5. The van der Waals surface area contributed by atoms with Crippen molar-refractivity contribution >= 4 is 11.8 Å². The summed E-state index contributed by atoms with van der Waals surface area (Å²) in [6, 6.07) is 5.85. The lowest BCUT2D eigenvalue weighted by molar-refractivity contribution is 0.0139. The van der Waals surface area contributed by atoms with Gasteiger partial charge in [0.1, 0.15) is 11.4 Å². The molecule has 6 heteroatoms. The molecule has 1 saturated heterocycles. The molecule has 1 aromatic carbocycles. The second-order valence-electron chi connectivity index (χ2n) is 6.82. The third kappa shape index (κ3) is 5.03. The van der Waals surface area contributed by atoms with E-state index in [1.165, 1.54) is 0 Å². The molecule has 2 N–H and O–H groups in total. The van der Waals surface area contributed by atoms with E-state index < -0.39 is 5.60 Å². The molecular formula is C17H27N3O3. The van der Waals surface area contributed by atoms with Crippen LogP contribution in [0.25, 0.3) is 0 Å². The van der Waals surface area contributed by atoms with Gasteiger partial charge in [-0.25, -0.2) is 4.79 Å². The molecule has 0 aliphatic carbocycles. The maximum absolute atomic E-state index is 12.1. The van der Waals surface area contributed by atoms with Crippen molar-refractivity contribution in [2.24, 2.45) is 0 Å².